The van der Waals surface area contributed by atoms with Gasteiger partial charge in [0.2, 0.25) is 0 Å². The average Bonchev–Trinajstić information content (AvgIpc) is 3.06. The van der Waals surface area contributed by atoms with Crippen molar-refractivity contribution in [1.29, 1.82) is 0 Å². The number of halogens is 3. The number of hydrogen-bond donors (Lipinski definition) is 0. The van der Waals surface area contributed by atoms with Gasteiger partial charge in [0.05, 0.1) is 6.33 Å². The number of hydrogen-bond acceptors (Lipinski definition) is 6. The molecule has 0 unspecified atom stereocenters. The summed E-state index contributed by atoms with van der Waals surface area (Å²) < 4.78 is 43.0. The van der Waals surface area contributed by atoms with E-state index in [0.717, 1.165) is 19.4 Å². The number of benzene rings is 1. The molecule has 0 radical (unpaired) electrons. The zero-order valence-electron chi connectivity index (χ0n) is 16.9. The van der Waals surface area contributed by atoms with E-state index in [2.05, 4.69) is 19.6 Å². The zero-order valence-corrected chi connectivity index (χ0v) is 16.9. The number of aromatic nitrogens is 4. The van der Waals surface area contributed by atoms with Gasteiger partial charge in [0, 0.05) is 38.2 Å². The van der Waals surface area contributed by atoms with Crippen LogP contribution in [0.15, 0.2) is 42.2 Å². The Morgan fingerprint density at radius 3 is 2.58 bits per heavy atom. The molecular weight excluding hydrogens is 411 g/mol. The summed E-state index contributed by atoms with van der Waals surface area (Å²) in [4.78, 5) is 26.7. The number of carbonyl (C=O) groups is 1. The molecule has 2 aromatic heterocycles. The van der Waals surface area contributed by atoms with Crippen LogP contribution in [0.1, 0.15) is 18.7 Å². The molecule has 3 aromatic rings. The topological polar surface area (TPSA) is 73.1 Å². The number of allylic oxidation sites excluding steroid dienone is 1. The summed E-state index contributed by atoms with van der Waals surface area (Å²) >= 11 is 0. The second kappa shape index (κ2) is 8.10. The van der Waals surface area contributed by atoms with E-state index < -0.39 is 6.36 Å². The molecule has 1 aliphatic rings. The van der Waals surface area contributed by atoms with E-state index >= 15 is 0 Å². The molecule has 1 fully saturated rings. The maximum absolute atomic E-state index is 12.4. The minimum Gasteiger partial charge on any atom is -0.406 e. The number of likely N-dealkylation sites (tertiary alicyclic amines) is 1. The minimum absolute atomic E-state index is 0.121. The van der Waals surface area contributed by atoms with E-state index in [1.165, 1.54) is 24.3 Å². The summed E-state index contributed by atoms with van der Waals surface area (Å²) in [6.07, 6.45) is -0.403. The van der Waals surface area contributed by atoms with Gasteiger partial charge < -0.3 is 9.30 Å². The maximum atomic E-state index is 12.4. The largest absolute Gasteiger partial charge is 0.573 e. The summed E-state index contributed by atoms with van der Waals surface area (Å²) in [6.45, 7) is 3.96. The normalized spacial score (nSPS) is 15.8. The first kappa shape index (κ1) is 21.0. The molecule has 7 nitrogen and oxygen atoms in total. The first-order valence-corrected chi connectivity index (χ1v) is 9.63. The average molecular weight is 431 g/mol. The fourth-order valence-electron chi connectivity index (χ4n) is 3.43. The van der Waals surface area contributed by atoms with Gasteiger partial charge in [-0.05, 0) is 36.8 Å². The van der Waals surface area contributed by atoms with Crippen LogP contribution in [0.2, 0.25) is 0 Å². The molecule has 0 saturated carbocycles. The van der Waals surface area contributed by atoms with E-state index in [4.69, 9.17) is 4.98 Å². The van der Waals surface area contributed by atoms with Gasteiger partial charge in [-0.15, -0.1) is 13.2 Å². The Morgan fingerprint density at radius 1 is 1.23 bits per heavy atom. The highest BCUT2D eigenvalue weighted by molar-refractivity contribution is 5.87. The Labute approximate surface area is 176 Å². The molecule has 1 aromatic carbocycles. The van der Waals surface area contributed by atoms with Crippen molar-refractivity contribution in [3.05, 3.63) is 48.1 Å². The number of nitrogens with zero attached hydrogens (tertiary/aromatic N) is 5. The second-order valence-electron chi connectivity index (χ2n) is 7.51. The Morgan fingerprint density at radius 2 is 1.94 bits per heavy atom. The van der Waals surface area contributed by atoms with Crippen molar-refractivity contribution in [3.8, 4) is 17.0 Å². The van der Waals surface area contributed by atoms with Crippen LogP contribution in [-0.2, 0) is 11.8 Å². The van der Waals surface area contributed by atoms with Crippen LogP contribution in [0.3, 0.4) is 0 Å². The van der Waals surface area contributed by atoms with Crippen LogP contribution in [0.25, 0.3) is 22.4 Å². The van der Waals surface area contributed by atoms with Gasteiger partial charge in [0.25, 0.3) is 0 Å². The molecule has 1 aliphatic heterocycles. The summed E-state index contributed by atoms with van der Waals surface area (Å²) in [5, 5.41) is 0. The number of aldehydes is 1. The number of fused-ring (bicyclic) bond motifs is 1. The fraction of sp³-hybridized carbons (Fsp3) is 0.333. The van der Waals surface area contributed by atoms with Gasteiger partial charge in [-0.3, -0.25) is 9.69 Å². The first-order chi connectivity index (χ1) is 14.7. The summed E-state index contributed by atoms with van der Waals surface area (Å²) in [5.41, 5.74) is 3.12. The van der Waals surface area contributed by atoms with Crippen molar-refractivity contribution in [2.45, 2.75) is 19.2 Å². The van der Waals surface area contributed by atoms with Crippen molar-refractivity contribution >= 4 is 17.5 Å². The van der Waals surface area contributed by atoms with Gasteiger partial charge >= 0.3 is 6.36 Å². The van der Waals surface area contributed by atoms with Crippen molar-refractivity contribution in [2.24, 2.45) is 7.05 Å². The van der Waals surface area contributed by atoms with E-state index in [1.54, 1.807) is 17.8 Å². The Bertz CT molecular complexity index is 1130. The van der Waals surface area contributed by atoms with Crippen molar-refractivity contribution in [1.82, 2.24) is 24.4 Å². The molecule has 0 spiro atoms. The summed E-state index contributed by atoms with van der Waals surface area (Å²) in [5.74, 6) is 0.487. The number of imidazole rings is 1. The molecule has 1 saturated heterocycles. The highest BCUT2D eigenvalue weighted by Gasteiger charge is 2.32. The lowest BCUT2D eigenvalue weighted by molar-refractivity contribution is -0.274. The van der Waals surface area contributed by atoms with Gasteiger partial charge in [0.15, 0.2) is 5.65 Å². The van der Waals surface area contributed by atoms with E-state index in [9.17, 15) is 18.0 Å². The Hall–Kier alpha value is -3.27. The lowest BCUT2D eigenvalue weighted by atomic mass is 9.98. The van der Waals surface area contributed by atoms with Crippen molar-refractivity contribution in [2.75, 3.05) is 19.6 Å². The Balaban J connectivity index is 1.60. The molecule has 31 heavy (non-hydrogen) atoms. The molecule has 0 aliphatic carbocycles. The first-order valence-electron chi connectivity index (χ1n) is 9.63. The van der Waals surface area contributed by atoms with Crippen LogP contribution in [0.4, 0.5) is 13.2 Å². The zero-order chi connectivity index (χ0) is 22.2. The molecule has 0 amide bonds. The third-order valence-electron chi connectivity index (χ3n) is 5.12. The minimum atomic E-state index is -4.74. The predicted molar refractivity (Wildman–Crippen MR) is 107 cm³/mol. The highest BCUT2D eigenvalue weighted by Crippen LogP contribution is 2.32. The lowest BCUT2D eigenvalue weighted by Gasteiger charge is -2.37. The van der Waals surface area contributed by atoms with Crippen LogP contribution >= 0.6 is 0 Å². The van der Waals surface area contributed by atoms with Crippen LogP contribution in [0.5, 0.6) is 5.75 Å². The third kappa shape index (κ3) is 4.58. The summed E-state index contributed by atoms with van der Waals surface area (Å²) in [7, 11) is 1.83. The lowest BCUT2D eigenvalue weighted by Crippen LogP contribution is -2.45. The molecule has 3 heterocycles. The molecular formula is C21H20F3N5O2. The number of rotatable bonds is 6. The van der Waals surface area contributed by atoms with Gasteiger partial charge in [0.1, 0.15) is 29.1 Å². The predicted octanol–water partition coefficient (Wildman–Crippen LogP) is 3.47. The number of carbonyl (C=O) groups excluding carboxylic acids is 1. The standard InChI is InChI=1S/C21H20F3N5O2/c1-13(11-30)7-8-29-9-15(10-29)19-26-17(18-20(27-19)28(2)12-25-18)14-3-5-16(6-4-14)31-21(22,23)24/h3-7,11-12,15H,8-10H2,1-2H3/b13-7+. The second-order valence-corrected chi connectivity index (χ2v) is 7.51. The molecule has 0 bridgehead atoms. The van der Waals surface area contributed by atoms with Crippen LogP contribution < -0.4 is 4.74 Å². The molecule has 0 atom stereocenters. The third-order valence-corrected chi connectivity index (χ3v) is 5.12. The molecule has 0 N–H and O–H groups in total. The Kier molecular flexibility index (Phi) is 5.48. The maximum Gasteiger partial charge on any atom is 0.573 e. The van der Waals surface area contributed by atoms with Gasteiger partial charge in [-0.1, -0.05) is 6.08 Å². The molecule has 162 valence electrons. The molecule has 10 heteroatoms. The van der Waals surface area contributed by atoms with E-state index in [1.807, 2.05) is 13.1 Å². The quantitative estimate of drug-likeness (QED) is 0.440. The SMILES string of the molecule is C/C(C=O)=C\CN1CC(c2nc(-c3ccc(OC(F)(F)F)cc3)c3ncn(C)c3n2)C1. The van der Waals surface area contributed by atoms with E-state index in [0.29, 0.717) is 40.4 Å². The fourth-order valence-corrected chi connectivity index (χ4v) is 3.43. The molecule has 4 rings (SSSR count). The van der Waals surface area contributed by atoms with Gasteiger partial charge in [-0.2, -0.15) is 0 Å². The highest BCUT2D eigenvalue weighted by atomic mass is 19.4. The monoisotopic (exact) mass is 431 g/mol. The van der Waals surface area contributed by atoms with Crippen LogP contribution in [-0.4, -0.2) is 56.7 Å². The number of ether oxygens (including phenoxy) is 1. The smallest absolute Gasteiger partial charge is 0.406 e. The van der Waals surface area contributed by atoms with Crippen molar-refractivity contribution < 1.29 is 22.7 Å². The van der Waals surface area contributed by atoms with Gasteiger partial charge in [-0.25, -0.2) is 15.0 Å². The summed E-state index contributed by atoms with van der Waals surface area (Å²) in [6, 6.07) is 5.57. The number of alkyl halides is 3. The van der Waals surface area contributed by atoms with Crippen molar-refractivity contribution in [3.63, 3.8) is 0 Å². The number of aryl methyl sites for hydroxylation is 1. The van der Waals surface area contributed by atoms with E-state index in [-0.39, 0.29) is 11.7 Å². The van der Waals surface area contributed by atoms with Crippen LogP contribution in [0, 0.1) is 0 Å².